The summed E-state index contributed by atoms with van der Waals surface area (Å²) in [5.74, 6) is 0.130. The second-order valence-corrected chi connectivity index (χ2v) is 7.21. The topological polar surface area (TPSA) is 32.3 Å². The molecule has 21 heavy (non-hydrogen) atoms. The van der Waals surface area contributed by atoms with Crippen molar-refractivity contribution < 1.29 is 4.79 Å². The molecule has 0 radical (unpaired) electrons. The van der Waals surface area contributed by atoms with E-state index in [0.29, 0.717) is 6.04 Å². The van der Waals surface area contributed by atoms with Crippen LogP contribution in [0.4, 0.5) is 0 Å². The largest absolute Gasteiger partial charge is 0.338 e. The third-order valence-electron chi connectivity index (χ3n) is 5.10. The van der Waals surface area contributed by atoms with Crippen molar-refractivity contribution in [3.8, 4) is 0 Å². The first-order valence-corrected chi connectivity index (χ1v) is 8.27. The number of piperidine rings is 1. The summed E-state index contributed by atoms with van der Waals surface area (Å²) in [5, 5.41) is 3.37. The quantitative estimate of drug-likeness (QED) is 0.809. The molecule has 1 heterocycles. The Balaban J connectivity index is 2.04. The van der Waals surface area contributed by atoms with Gasteiger partial charge in [-0.25, -0.2) is 0 Å². The highest BCUT2D eigenvalue weighted by Crippen LogP contribution is 2.40. The Morgan fingerprint density at radius 3 is 2.76 bits per heavy atom. The Hall–Kier alpha value is -1.09. The van der Waals surface area contributed by atoms with Gasteiger partial charge >= 0.3 is 0 Å². The molecule has 1 aliphatic carbocycles. The summed E-state index contributed by atoms with van der Waals surface area (Å²) in [6.45, 7) is 8.78. The molecule has 3 heteroatoms. The van der Waals surface area contributed by atoms with Crippen LogP contribution in [0.2, 0.25) is 0 Å². The third-order valence-corrected chi connectivity index (χ3v) is 5.10. The minimum Gasteiger partial charge on any atom is -0.338 e. The average Bonchev–Trinajstić information content (AvgIpc) is 2.46. The number of hydrogen-bond donors (Lipinski definition) is 1. The van der Waals surface area contributed by atoms with Gasteiger partial charge in [-0.1, -0.05) is 25.5 Å². The van der Waals surface area contributed by atoms with Crippen molar-refractivity contribution in [3.05, 3.63) is 23.3 Å². The number of allylic oxidation sites excluding steroid dienone is 3. The predicted octanol–water partition coefficient (Wildman–Crippen LogP) is 3.28. The lowest BCUT2D eigenvalue weighted by atomic mass is 9.72. The van der Waals surface area contributed by atoms with Gasteiger partial charge in [0.1, 0.15) is 0 Å². The molecule has 2 rings (SSSR count). The van der Waals surface area contributed by atoms with Crippen LogP contribution in [0.1, 0.15) is 52.9 Å². The summed E-state index contributed by atoms with van der Waals surface area (Å²) in [6, 6.07) is 0.338. The number of nitrogens with one attached hydrogen (secondary N) is 1. The molecule has 1 atom stereocenters. The number of rotatable bonds is 3. The van der Waals surface area contributed by atoms with E-state index in [-0.39, 0.29) is 11.3 Å². The summed E-state index contributed by atoms with van der Waals surface area (Å²) in [6.07, 6.45) is 9.75. The fourth-order valence-corrected chi connectivity index (χ4v) is 3.63. The smallest absolute Gasteiger partial charge is 0.246 e. The Morgan fingerprint density at radius 2 is 2.14 bits per heavy atom. The number of carbonyl (C=O) groups is 1. The van der Waals surface area contributed by atoms with E-state index in [4.69, 9.17) is 0 Å². The Labute approximate surface area is 129 Å². The molecule has 0 aromatic heterocycles. The van der Waals surface area contributed by atoms with Crippen molar-refractivity contribution in [3.63, 3.8) is 0 Å². The standard InChI is InChI=1S/C18H30N2O/c1-14-7-5-11-18(2,3)16(14)9-10-17(21)20(4)15-8-6-12-19-13-15/h9-10,15,19H,5-8,11-13H2,1-4H3/b10-9+. The molecule has 1 aliphatic heterocycles. The maximum atomic E-state index is 12.4. The molecule has 3 nitrogen and oxygen atoms in total. The van der Waals surface area contributed by atoms with Crippen molar-refractivity contribution in [2.24, 2.45) is 5.41 Å². The van der Waals surface area contributed by atoms with Gasteiger partial charge in [-0.05, 0) is 56.6 Å². The van der Waals surface area contributed by atoms with E-state index in [2.05, 4.69) is 32.2 Å². The van der Waals surface area contributed by atoms with Crippen molar-refractivity contribution in [1.29, 1.82) is 0 Å². The van der Waals surface area contributed by atoms with E-state index < -0.39 is 0 Å². The maximum absolute atomic E-state index is 12.4. The van der Waals surface area contributed by atoms with E-state index >= 15 is 0 Å². The van der Waals surface area contributed by atoms with Gasteiger partial charge in [0.25, 0.3) is 0 Å². The van der Waals surface area contributed by atoms with Gasteiger partial charge in [0.2, 0.25) is 5.91 Å². The molecule has 0 aromatic carbocycles. The highest BCUT2D eigenvalue weighted by molar-refractivity contribution is 5.88. The number of likely N-dealkylation sites (N-methyl/N-ethyl adjacent to an activating group) is 1. The Kier molecular flexibility index (Phi) is 5.26. The first-order valence-electron chi connectivity index (χ1n) is 8.27. The second-order valence-electron chi connectivity index (χ2n) is 7.21. The van der Waals surface area contributed by atoms with E-state index in [9.17, 15) is 4.79 Å². The maximum Gasteiger partial charge on any atom is 0.246 e. The lowest BCUT2D eigenvalue weighted by Gasteiger charge is -2.33. The van der Waals surface area contributed by atoms with Crippen LogP contribution in [0.5, 0.6) is 0 Å². The average molecular weight is 290 g/mol. The van der Waals surface area contributed by atoms with Crippen LogP contribution in [0.3, 0.4) is 0 Å². The van der Waals surface area contributed by atoms with Gasteiger partial charge < -0.3 is 10.2 Å². The zero-order valence-corrected chi connectivity index (χ0v) is 14.0. The molecule has 1 fully saturated rings. The molecule has 0 bridgehead atoms. The molecule has 1 saturated heterocycles. The fourth-order valence-electron chi connectivity index (χ4n) is 3.63. The van der Waals surface area contributed by atoms with Crippen molar-refractivity contribution in [1.82, 2.24) is 10.2 Å². The highest BCUT2D eigenvalue weighted by Gasteiger charge is 2.27. The van der Waals surface area contributed by atoms with Crippen LogP contribution >= 0.6 is 0 Å². The Bertz CT molecular complexity index is 442. The lowest BCUT2D eigenvalue weighted by molar-refractivity contribution is -0.127. The molecule has 118 valence electrons. The van der Waals surface area contributed by atoms with Crippen molar-refractivity contribution in [2.75, 3.05) is 20.1 Å². The molecule has 0 aromatic rings. The molecule has 1 amide bonds. The Morgan fingerprint density at radius 1 is 1.38 bits per heavy atom. The molecule has 1 unspecified atom stereocenters. The van der Waals surface area contributed by atoms with Crippen LogP contribution < -0.4 is 5.32 Å². The summed E-state index contributed by atoms with van der Waals surface area (Å²) in [7, 11) is 1.93. The number of hydrogen-bond acceptors (Lipinski definition) is 2. The monoisotopic (exact) mass is 290 g/mol. The first-order chi connectivity index (χ1) is 9.92. The first kappa shape index (κ1) is 16.3. The van der Waals surface area contributed by atoms with Gasteiger partial charge in [0, 0.05) is 25.7 Å². The number of nitrogens with zero attached hydrogens (tertiary/aromatic N) is 1. The molecule has 1 N–H and O–H groups in total. The molecule has 2 aliphatic rings. The normalized spacial score (nSPS) is 26.2. The van der Waals surface area contributed by atoms with Crippen LogP contribution in [0, 0.1) is 5.41 Å². The van der Waals surface area contributed by atoms with E-state index in [0.717, 1.165) is 25.9 Å². The van der Waals surface area contributed by atoms with Crippen molar-refractivity contribution in [2.45, 2.75) is 58.9 Å². The van der Waals surface area contributed by atoms with Gasteiger partial charge in [-0.15, -0.1) is 0 Å². The fraction of sp³-hybridized carbons (Fsp3) is 0.722. The van der Waals surface area contributed by atoms with Gasteiger partial charge in [0.05, 0.1) is 0 Å². The van der Waals surface area contributed by atoms with Gasteiger partial charge in [-0.3, -0.25) is 4.79 Å². The summed E-state index contributed by atoms with van der Waals surface area (Å²) < 4.78 is 0. The van der Waals surface area contributed by atoms with Crippen LogP contribution in [-0.2, 0) is 4.79 Å². The van der Waals surface area contributed by atoms with Crippen LogP contribution in [-0.4, -0.2) is 37.0 Å². The zero-order chi connectivity index (χ0) is 15.5. The third kappa shape index (κ3) is 3.97. The minimum atomic E-state index is 0.130. The zero-order valence-electron chi connectivity index (χ0n) is 14.0. The minimum absolute atomic E-state index is 0.130. The SMILES string of the molecule is CC1=C(/C=C/C(=O)N(C)C2CCCNC2)C(C)(C)CCC1. The molecule has 0 spiro atoms. The van der Waals surface area contributed by atoms with Crippen molar-refractivity contribution >= 4 is 5.91 Å². The summed E-state index contributed by atoms with van der Waals surface area (Å²) in [5.41, 5.74) is 3.00. The molecule has 0 saturated carbocycles. The van der Waals surface area contributed by atoms with E-state index in [1.807, 2.05) is 11.9 Å². The second kappa shape index (κ2) is 6.78. The van der Waals surface area contributed by atoms with Crippen LogP contribution in [0.15, 0.2) is 23.3 Å². The lowest BCUT2D eigenvalue weighted by Crippen LogP contribution is -2.46. The van der Waals surface area contributed by atoms with E-state index in [1.165, 1.54) is 30.4 Å². The highest BCUT2D eigenvalue weighted by atomic mass is 16.2. The van der Waals surface area contributed by atoms with Gasteiger partial charge in [-0.2, -0.15) is 0 Å². The summed E-state index contributed by atoms with van der Waals surface area (Å²) >= 11 is 0. The molecular formula is C18H30N2O. The summed E-state index contributed by atoms with van der Waals surface area (Å²) in [4.78, 5) is 14.3. The predicted molar refractivity (Wildman–Crippen MR) is 88.1 cm³/mol. The van der Waals surface area contributed by atoms with E-state index in [1.54, 1.807) is 6.08 Å². The van der Waals surface area contributed by atoms with Gasteiger partial charge in [0.15, 0.2) is 0 Å². The molecular weight excluding hydrogens is 260 g/mol. The number of amides is 1. The van der Waals surface area contributed by atoms with Crippen LogP contribution in [0.25, 0.3) is 0 Å². The number of carbonyl (C=O) groups excluding carboxylic acids is 1.